The summed E-state index contributed by atoms with van der Waals surface area (Å²) in [6, 6.07) is 0. The highest BCUT2D eigenvalue weighted by Crippen LogP contribution is 2.23. The van der Waals surface area contributed by atoms with Crippen LogP contribution in [-0.2, 0) is 17.8 Å². The lowest BCUT2D eigenvalue weighted by Gasteiger charge is -2.24. The largest absolute Gasteiger partial charge is 0.373 e. The molecule has 0 saturated carbocycles. The van der Waals surface area contributed by atoms with Gasteiger partial charge in [-0.15, -0.1) is 10.2 Å². The lowest BCUT2D eigenvalue weighted by molar-refractivity contribution is 0.0243. The van der Waals surface area contributed by atoms with E-state index >= 15 is 0 Å². The second-order valence-corrected chi connectivity index (χ2v) is 5.48. The Morgan fingerprint density at radius 3 is 3.00 bits per heavy atom. The van der Waals surface area contributed by atoms with Gasteiger partial charge in [-0.05, 0) is 33.6 Å². The van der Waals surface area contributed by atoms with E-state index in [0.717, 1.165) is 50.9 Å². The van der Waals surface area contributed by atoms with E-state index in [-0.39, 0.29) is 5.60 Å². The van der Waals surface area contributed by atoms with Crippen molar-refractivity contribution in [2.75, 3.05) is 19.7 Å². The summed E-state index contributed by atoms with van der Waals surface area (Å²) in [4.78, 5) is 4.57. The molecule has 7 heteroatoms. The van der Waals surface area contributed by atoms with Gasteiger partial charge in [0.2, 0.25) is 0 Å². The molecule has 0 radical (unpaired) electrons. The Morgan fingerprint density at radius 1 is 1.48 bits per heavy atom. The number of guanidine groups is 1. The van der Waals surface area contributed by atoms with E-state index in [2.05, 4.69) is 46.6 Å². The molecule has 0 aliphatic carbocycles. The Kier molecular flexibility index (Phi) is 5.55. The van der Waals surface area contributed by atoms with Gasteiger partial charge in [0, 0.05) is 26.2 Å². The van der Waals surface area contributed by atoms with Crippen molar-refractivity contribution in [1.29, 1.82) is 0 Å². The Bertz CT molecular complexity index is 464. The van der Waals surface area contributed by atoms with Gasteiger partial charge in [0.25, 0.3) is 0 Å². The number of aliphatic imine (C=N–C) groups is 1. The first-order valence-electron chi connectivity index (χ1n) is 7.69. The molecule has 1 unspecified atom stereocenters. The van der Waals surface area contributed by atoms with Crippen LogP contribution in [-0.4, -0.2) is 46.0 Å². The van der Waals surface area contributed by atoms with Crippen molar-refractivity contribution in [3.8, 4) is 0 Å². The lowest BCUT2D eigenvalue weighted by atomic mass is 10.0. The van der Waals surface area contributed by atoms with Crippen molar-refractivity contribution in [3.63, 3.8) is 0 Å². The van der Waals surface area contributed by atoms with Gasteiger partial charge in [-0.1, -0.05) is 0 Å². The topological polar surface area (TPSA) is 76.4 Å². The van der Waals surface area contributed by atoms with Crippen molar-refractivity contribution in [2.45, 2.75) is 52.3 Å². The van der Waals surface area contributed by atoms with Gasteiger partial charge in [0.1, 0.15) is 12.9 Å². The van der Waals surface area contributed by atoms with E-state index in [0.29, 0.717) is 6.54 Å². The van der Waals surface area contributed by atoms with Crippen LogP contribution >= 0.6 is 0 Å². The predicted octanol–water partition coefficient (Wildman–Crippen LogP) is 0.922. The number of rotatable bonds is 6. The molecule has 2 heterocycles. The monoisotopic (exact) mass is 294 g/mol. The van der Waals surface area contributed by atoms with Crippen molar-refractivity contribution in [2.24, 2.45) is 4.99 Å². The predicted molar refractivity (Wildman–Crippen MR) is 82.1 cm³/mol. The maximum atomic E-state index is 5.78. The fourth-order valence-corrected chi connectivity index (χ4v) is 2.40. The lowest BCUT2D eigenvalue weighted by Crippen LogP contribution is -2.45. The fraction of sp³-hybridized carbons (Fsp3) is 0.786. The van der Waals surface area contributed by atoms with Crippen LogP contribution in [0.25, 0.3) is 0 Å². The smallest absolute Gasteiger partial charge is 0.191 e. The Labute approximate surface area is 126 Å². The molecular weight excluding hydrogens is 268 g/mol. The molecular formula is C14H26N6O. The van der Waals surface area contributed by atoms with E-state index in [1.54, 1.807) is 6.33 Å². The number of aryl methyl sites for hydroxylation is 1. The van der Waals surface area contributed by atoms with E-state index in [1.165, 1.54) is 0 Å². The van der Waals surface area contributed by atoms with Crippen LogP contribution in [0.4, 0.5) is 0 Å². The van der Waals surface area contributed by atoms with Gasteiger partial charge in [-0.2, -0.15) is 0 Å². The normalized spacial score (nSPS) is 22.5. The summed E-state index contributed by atoms with van der Waals surface area (Å²) in [5, 5.41) is 14.6. The highest BCUT2D eigenvalue weighted by atomic mass is 16.5. The average molecular weight is 294 g/mol. The number of hydrogen-bond donors (Lipinski definition) is 2. The second kappa shape index (κ2) is 7.40. The molecule has 1 aliphatic heterocycles. The molecule has 21 heavy (non-hydrogen) atoms. The minimum Gasteiger partial charge on any atom is -0.373 e. The Morgan fingerprint density at radius 2 is 2.33 bits per heavy atom. The summed E-state index contributed by atoms with van der Waals surface area (Å²) >= 11 is 0. The fourth-order valence-electron chi connectivity index (χ4n) is 2.40. The molecule has 0 amide bonds. The summed E-state index contributed by atoms with van der Waals surface area (Å²) in [5.74, 6) is 1.66. The van der Waals surface area contributed by atoms with Gasteiger partial charge in [0.05, 0.1) is 5.60 Å². The molecule has 0 aromatic carbocycles. The summed E-state index contributed by atoms with van der Waals surface area (Å²) < 4.78 is 7.78. The summed E-state index contributed by atoms with van der Waals surface area (Å²) in [6.45, 7) is 10.1. The third-order valence-corrected chi connectivity index (χ3v) is 3.69. The van der Waals surface area contributed by atoms with Crippen LogP contribution in [0.1, 0.15) is 39.4 Å². The van der Waals surface area contributed by atoms with E-state index in [9.17, 15) is 0 Å². The molecule has 0 spiro atoms. The standard InChI is InChI=1S/C14H26N6O/c1-4-15-13(17-10-14(3)7-6-8-21-14)16-9-12-19-18-11-20(12)5-2/h11H,4-10H2,1-3H3,(H2,15,16,17). The molecule has 1 saturated heterocycles. The maximum absolute atomic E-state index is 5.78. The van der Waals surface area contributed by atoms with Crippen molar-refractivity contribution in [1.82, 2.24) is 25.4 Å². The number of nitrogens with one attached hydrogen (secondary N) is 2. The zero-order valence-corrected chi connectivity index (χ0v) is 13.2. The zero-order valence-electron chi connectivity index (χ0n) is 13.2. The van der Waals surface area contributed by atoms with E-state index in [4.69, 9.17) is 4.74 Å². The first-order valence-corrected chi connectivity index (χ1v) is 7.69. The minimum absolute atomic E-state index is 0.0837. The summed E-state index contributed by atoms with van der Waals surface area (Å²) in [6.07, 6.45) is 3.95. The van der Waals surface area contributed by atoms with Crippen LogP contribution in [0, 0.1) is 0 Å². The molecule has 0 bridgehead atoms. The van der Waals surface area contributed by atoms with E-state index < -0.39 is 0 Å². The molecule has 1 atom stereocenters. The van der Waals surface area contributed by atoms with Crippen molar-refractivity contribution < 1.29 is 4.74 Å². The zero-order chi connectivity index (χ0) is 15.1. The van der Waals surface area contributed by atoms with E-state index in [1.807, 2.05) is 4.57 Å². The first kappa shape index (κ1) is 15.8. The number of nitrogens with zero attached hydrogens (tertiary/aromatic N) is 4. The third-order valence-electron chi connectivity index (χ3n) is 3.69. The van der Waals surface area contributed by atoms with Gasteiger partial charge in [-0.3, -0.25) is 0 Å². The Hall–Kier alpha value is -1.63. The number of hydrogen-bond acceptors (Lipinski definition) is 4. The SMILES string of the molecule is CCNC(=NCc1nncn1CC)NCC1(C)CCCO1. The van der Waals surface area contributed by atoms with Crippen molar-refractivity contribution >= 4 is 5.96 Å². The van der Waals surface area contributed by atoms with Gasteiger partial charge in [0.15, 0.2) is 11.8 Å². The van der Waals surface area contributed by atoms with Gasteiger partial charge in [-0.25, -0.2) is 4.99 Å². The Balaban J connectivity index is 1.92. The first-order chi connectivity index (χ1) is 10.2. The molecule has 2 N–H and O–H groups in total. The molecule has 1 fully saturated rings. The molecule has 1 aliphatic rings. The maximum Gasteiger partial charge on any atom is 0.191 e. The highest BCUT2D eigenvalue weighted by Gasteiger charge is 2.29. The summed E-state index contributed by atoms with van der Waals surface area (Å²) in [5.41, 5.74) is -0.0837. The van der Waals surface area contributed by atoms with Crippen LogP contribution < -0.4 is 10.6 Å². The third kappa shape index (κ3) is 4.42. The van der Waals surface area contributed by atoms with Gasteiger partial charge < -0.3 is 19.9 Å². The molecule has 118 valence electrons. The number of aromatic nitrogens is 3. The van der Waals surface area contributed by atoms with Crippen molar-refractivity contribution in [3.05, 3.63) is 12.2 Å². The van der Waals surface area contributed by atoms with Crippen LogP contribution in [0.3, 0.4) is 0 Å². The molecule has 1 aromatic heterocycles. The molecule has 1 aromatic rings. The van der Waals surface area contributed by atoms with Crippen LogP contribution in [0.15, 0.2) is 11.3 Å². The van der Waals surface area contributed by atoms with Crippen LogP contribution in [0.5, 0.6) is 0 Å². The second-order valence-electron chi connectivity index (χ2n) is 5.48. The quantitative estimate of drug-likeness (QED) is 0.603. The minimum atomic E-state index is -0.0837. The number of ether oxygens (including phenoxy) is 1. The highest BCUT2D eigenvalue weighted by molar-refractivity contribution is 5.79. The van der Waals surface area contributed by atoms with Crippen LogP contribution in [0.2, 0.25) is 0 Å². The van der Waals surface area contributed by atoms with Gasteiger partial charge >= 0.3 is 0 Å². The molecule has 2 rings (SSSR count). The average Bonchev–Trinajstić information content (AvgIpc) is 3.11. The molecule has 7 nitrogen and oxygen atoms in total. The summed E-state index contributed by atoms with van der Waals surface area (Å²) in [7, 11) is 0.